The van der Waals surface area contributed by atoms with Crippen LogP contribution in [-0.2, 0) is 0 Å². The highest BCUT2D eigenvalue weighted by Crippen LogP contribution is 2.28. The number of fused-ring (bicyclic) bond motifs is 2. The van der Waals surface area contributed by atoms with E-state index in [1.807, 2.05) is 71.8 Å². The Bertz CT molecular complexity index is 1220. The van der Waals surface area contributed by atoms with E-state index in [0.717, 1.165) is 40.6 Å². The second-order valence-corrected chi connectivity index (χ2v) is 7.60. The van der Waals surface area contributed by atoms with Crippen molar-refractivity contribution >= 4 is 45.0 Å². The van der Waals surface area contributed by atoms with E-state index in [2.05, 4.69) is 14.9 Å². The first-order valence-electron chi connectivity index (χ1n) is 9.63. The number of anilines is 1. The van der Waals surface area contributed by atoms with Crippen molar-refractivity contribution in [1.82, 2.24) is 14.9 Å². The molecule has 6 heteroatoms. The van der Waals surface area contributed by atoms with Gasteiger partial charge in [0.2, 0.25) is 0 Å². The summed E-state index contributed by atoms with van der Waals surface area (Å²) in [6, 6.07) is 19.4. The van der Waals surface area contributed by atoms with Crippen molar-refractivity contribution in [3.8, 4) is 0 Å². The Balaban J connectivity index is 1.34. The van der Waals surface area contributed by atoms with Crippen molar-refractivity contribution in [2.24, 2.45) is 0 Å². The third kappa shape index (κ3) is 3.38. The van der Waals surface area contributed by atoms with Crippen LogP contribution in [-0.4, -0.2) is 47.0 Å². The summed E-state index contributed by atoms with van der Waals surface area (Å²) in [5, 5.41) is 2.80. The molecule has 2 aromatic carbocycles. The molecule has 5 nitrogen and oxygen atoms in total. The Morgan fingerprint density at radius 1 is 0.897 bits per heavy atom. The Labute approximate surface area is 173 Å². The van der Waals surface area contributed by atoms with Gasteiger partial charge in [0.05, 0.1) is 11.0 Å². The molecule has 1 amide bonds. The van der Waals surface area contributed by atoms with Crippen molar-refractivity contribution < 1.29 is 4.79 Å². The number of halogens is 1. The number of carbonyl (C=O) groups is 1. The van der Waals surface area contributed by atoms with Crippen LogP contribution in [0.15, 0.2) is 66.9 Å². The van der Waals surface area contributed by atoms with E-state index < -0.39 is 0 Å². The number of rotatable bonds is 2. The predicted octanol–water partition coefficient (Wildman–Crippen LogP) is 4.40. The number of nitrogens with zero attached hydrogens (tertiary/aromatic N) is 4. The Morgan fingerprint density at radius 2 is 1.72 bits per heavy atom. The number of amides is 1. The van der Waals surface area contributed by atoms with Crippen LogP contribution in [0.4, 0.5) is 5.69 Å². The minimum atomic E-state index is -0.0122. The van der Waals surface area contributed by atoms with Crippen LogP contribution in [0.25, 0.3) is 21.8 Å². The molecule has 0 atom stereocenters. The number of carbonyl (C=O) groups excluding carboxylic acids is 1. The fourth-order valence-electron chi connectivity index (χ4n) is 3.88. The van der Waals surface area contributed by atoms with E-state index in [9.17, 15) is 4.79 Å². The van der Waals surface area contributed by atoms with Crippen molar-refractivity contribution in [2.75, 3.05) is 31.1 Å². The van der Waals surface area contributed by atoms with Crippen LogP contribution in [0.2, 0.25) is 5.02 Å². The van der Waals surface area contributed by atoms with Gasteiger partial charge in [0.15, 0.2) is 0 Å². The van der Waals surface area contributed by atoms with E-state index in [1.165, 1.54) is 0 Å². The maximum atomic E-state index is 13.0. The monoisotopic (exact) mass is 402 g/mol. The molecule has 2 aromatic heterocycles. The highest BCUT2D eigenvalue weighted by molar-refractivity contribution is 6.31. The van der Waals surface area contributed by atoms with Crippen LogP contribution in [0.1, 0.15) is 10.5 Å². The second kappa shape index (κ2) is 7.33. The van der Waals surface area contributed by atoms with Crippen LogP contribution in [0, 0.1) is 0 Å². The van der Waals surface area contributed by atoms with E-state index in [1.54, 1.807) is 0 Å². The topological polar surface area (TPSA) is 49.3 Å². The first-order valence-corrected chi connectivity index (χ1v) is 10.0. The van der Waals surface area contributed by atoms with Gasteiger partial charge in [-0.05, 0) is 36.4 Å². The summed E-state index contributed by atoms with van der Waals surface area (Å²) in [5.41, 5.74) is 3.36. The number of benzene rings is 2. The van der Waals surface area contributed by atoms with Crippen molar-refractivity contribution in [3.63, 3.8) is 0 Å². The van der Waals surface area contributed by atoms with Crippen molar-refractivity contribution in [3.05, 3.63) is 77.6 Å². The summed E-state index contributed by atoms with van der Waals surface area (Å²) < 4.78 is 0. The average Bonchev–Trinajstić information content (AvgIpc) is 2.78. The average molecular weight is 403 g/mol. The SMILES string of the molecule is O=C(c1ccc2ccccc2n1)N1CCN(c2ccnc3cc(Cl)ccc23)CC1. The molecule has 144 valence electrons. The highest BCUT2D eigenvalue weighted by Gasteiger charge is 2.24. The molecule has 0 radical (unpaired) electrons. The minimum Gasteiger partial charge on any atom is -0.367 e. The first kappa shape index (κ1) is 17.9. The van der Waals surface area contributed by atoms with Gasteiger partial charge in [-0.1, -0.05) is 35.9 Å². The Hall–Kier alpha value is -3.18. The van der Waals surface area contributed by atoms with Gasteiger partial charge < -0.3 is 9.80 Å². The fraction of sp³-hybridized carbons (Fsp3) is 0.174. The normalized spacial score (nSPS) is 14.5. The zero-order chi connectivity index (χ0) is 19.8. The molecular weight excluding hydrogens is 384 g/mol. The van der Waals surface area contributed by atoms with E-state index in [4.69, 9.17) is 11.6 Å². The molecular formula is C23H19ClN4O. The standard InChI is InChI=1S/C23H19ClN4O/c24-17-6-7-18-21(15-17)25-10-9-22(18)27-11-13-28(14-12-27)23(29)20-8-5-16-3-1-2-4-19(16)26-20/h1-10,15H,11-14H2. The van der Waals surface area contributed by atoms with Crippen LogP contribution in [0.3, 0.4) is 0 Å². The molecule has 1 aliphatic heterocycles. The predicted molar refractivity (Wildman–Crippen MR) is 117 cm³/mol. The molecule has 0 spiro atoms. The number of hydrogen-bond acceptors (Lipinski definition) is 4. The lowest BCUT2D eigenvalue weighted by atomic mass is 10.1. The third-order valence-corrected chi connectivity index (χ3v) is 5.64. The molecule has 1 fully saturated rings. The molecule has 29 heavy (non-hydrogen) atoms. The minimum absolute atomic E-state index is 0.0122. The molecule has 1 aliphatic rings. The van der Waals surface area contributed by atoms with E-state index in [-0.39, 0.29) is 5.91 Å². The molecule has 1 saturated heterocycles. The fourth-order valence-corrected chi connectivity index (χ4v) is 4.05. The highest BCUT2D eigenvalue weighted by atomic mass is 35.5. The molecule has 5 rings (SSSR count). The largest absolute Gasteiger partial charge is 0.367 e. The summed E-state index contributed by atoms with van der Waals surface area (Å²) >= 11 is 6.10. The summed E-state index contributed by atoms with van der Waals surface area (Å²) in [7, 11) is 0. The van der Waals surface area contributed by atoms with E-state index in [0.29, 0.717) is 23.8 Å². The van der Waals surface area contributed by atoms with Crippen molar-refractivity contribution in [2.45, 2.75) is 0 Å². The van der Waals surface area contributed by atoms with Gasteiger partial charge in [0.1, 0.15) is 5.69 Å². The number of pyridine rings is 2. The molecule has 0 saturated carbocycles. The van der Waals surface area contributed by atoms with Gasteiger partial charge in [-0.2, -0.15) is 0 Å². The molecule has 0 bridgehead atoms. The van der Waals surface area contributed by atoms with Gasteiger partial charge in [0.25, 0.3) is 5.91 Å². The molecule has 0 N–H and O–H groups in total. The Kier molecular flexibility index (Phi) is 4.52. The molecule has 0 aliphatic carbocycles. The molecule has 4 aromatic rings. The van der Waals surface area contributed by atoms with Gasteiger partial charge in [-0.25, -0.2) is 4.98 Å². The van der Waals surface area contributed by atoms with Gasteiger partial charge in [0, 0.05) is 53.9 Å². The molecule has 0 unspecified atom stereocenters. The number of aromatic nitrogens is 2. The smallest absolute Gasteiger partial charge is 0.272 e. The second-order valence-electron chi connectivity index (χ2n) is 7.16. The number of piperazine rings is 1. The van der Waals surface area contributed by atoms with Gasteiger partial charge >= 0.3 is 0 Å². The Morgan fingerprint density at radius 3 is 2.59 bits per heavy atom. The lowest BCUT2D eigenvalue weighted by Crippen LogP contribution is -2.49. The van der Waals surface area contributed by atoms with E-state index >= 15 is 0 Å². The van der Waals surface area contributed by atoms with Crippen LogP contribution < -0.4 is 4.90 Å². The summed E-state index contributed by atoms with van der Waals surface area (Å²) in [4.78, 5) is 26.1. The summed E-state index contributed by atoms with van der Waals surface area (Å²) in [6.07, 6.45) is 1.81. The van der Waals surface area contributed by atoms with Crippen LogP contribution in [0.5, 0.6) is 0 Å². The zero-order valence-electron chi connectivity index (χ0n) is 15.8. The van der Waals surface area contributed by atoms with Gasteiger partial charge in [-0.15, -0.1) is 0 Å². The van der Waals surface area contributed by atoms with Gasteiger partial charge in [-0.3, -0.25) is 9.78 Å². The number of para-hydroxylation sites is 1. The quantitative estimate of drug-likeness (QED) is 0.498. The third-order valence-electron chi connectivity index (χ3n) is 5.41. The van der Waals surface area contributed by atoms with Crippen molar-refractivity contribution in [1.29, 1.82) is 0 Å². The summed E-state index contributed by atoms with van der Waals surface area (Å²) in [5.74, 6) is -0.0122. The first-order chi connectivity index (χ1) is 14.2. The summed E-state index contributed by atoms with van der Waals surface area (Å²) in [6.45, 7) is 2.84. The van der Waals surface area contributed by atoms with Crippen LogP contribution >= 0.6 is 11.6 Å². The zero-order valence-corrected chi connectivity index (χ0v) is 16.5. The lowest BCUT2D eigenvalue weighted by molar-refractivity contribution is 0.0741. The lowest BCUT2D eigenvalue weighted by Gasteiger charge is -2.36. The number of hydrogen-bond donors (Lipinski definition) is 0. The maximum absolute atomic E-state index is 13.0. The maximum Gasteiger partial charge on any atom is 0.272 e. The molecule has 3 heterocycles.